The van der Waals surface area contributed by atoms with Gasteiger partial charge in [0, 0.05) is 13.2 Å². The van der Waals surface area contributed by atoms with E-state index in [0.717, 1.165) is 17.4 Å². The number of halogens is 2. The van der Waals surface area contributed by atoms with Crippen LogP contribution in [0.4, 0.5) is 10.2 Å². The first-order valence-corrected chi connectivity index (χ1v) is 14.3. The fourth-order valence-electron chi connectivity index (χ4n) is 3.31. The molecule has 0 amide bonds. The van der Waals surface area contributed by atoms with Crippen molar-refractivity contribution in [2.75, 3.05) is 24.9 Å². The number of alkyl halides is 1. The number of methoxy groups -OCH3 is 1. The average molecular weight is 568 g/mol. The van der Waals surface area contributed by atoms with Crippen molar-refractivity contribution in [1.29, 1.82) is 0 Å². The Hall–Kier alpha value is -1.99. The first-order chi connectivity index (χ1) is 16.8. The standard InChI is InChI=1S/C19H25ClFN5O8P2/c1-11(12-6-4-3-5-7-12)23-17-13-8-22-26(18(13)25-19(20)24-17)16(21)15(27)14(33-2)9-34-36(31,32)10-35(28,29)30/h3-8,11,14-16,27H,9-10H2,1-2H3,(H,31,32)(H,23,24,25)(H2,28,29,30)/t11-,14-,15-,16-/m1/s1. The van der Waals surface area contributed by atoms with Crippen molar-refractivity contribution in [3.05, 3.63) is 47.4 Å². The van der Waals surface area contributed by atoms with Crippen LogP contribution < -0.4 is 5.32 Å². The molecule has 0 saturated heterocycles. The van der Waals surface area contributed by atoms with Gasteiger partial charge in [-0.3, -0.25) is 9.13 Å². The molecule has 5 atom stereocenters. The maximum absolute atomic E-state index is 15.3. The van der Waals surface area contributed by atoms with Crippen LogP contribution in [0.25, 0.3) is 11.0 Å². The number of aliphatic hydroxyl groups is 1. The number of ether oxygens (including phenoxy) is 1. The van der Waals surface area contributed by atoms with Crippen LogP contribution in [-0.2, 0) is 18.4 Å². The molecule has 2 aromatic heterocycles. The summed E-state index contributed by atoms with van der Waals surface area (Å²) in [7, 11) is -8.53. The fraction of sp³-hybridized carbons (Fsp3) is 0.421. The molecule has 3 aromatic rings. The first-order valence-electron chi connectivity index (χ1n) is 10.4. The van der Waals surface area contributed by atoms with Crippen molar-refractivity contribution in [3.8, 4) is 0 Å². The van der Waals surface area contributed by atoms with Gasteiger partial charge in [0.2, 0.25) is 11.6 Å². The van der Waals surface area contributed by atoms with Crippen LogP contribution in [0.1, 0.15) is 24.8 Å². The lowest BCUT2D eigenvalue weighted by atomic mass is 10.1. The predicted molar refractivity (Wildman–Crippen MR) is 128 cm³/mol. The normalized spacial score (nSPS) is 17.3. The zero-order valence-electron chi connectivity index (χ0n) is 19.0. The van der Waals surface area contributed by atoms with Gasteiger partial charge < -0.3 is 34.4 Å². The lowest BCUT2D eigenvalue weighted by Crippen LogP contribution is -2.38. The molecule has 3 rings (SSSR count). The van der Waals surface area contributed by atoms with E-state index in [0.29, 0.717) is 5.39 Å². The molecule has 0 radical (unpaired) electrons. The SMILES string of the molecule is CO[C@H](COP(=O)(O)CP(=O)(O)O)[C@@H](O)[C@H](F)n1ncc2c(N[C@H](C)c3ccccc3)nc(Cl)nc21. The van der Waals surface area contributed by atoms with Gasteiger partial charge >= 0.3 is 15.2 Å². The van der Waals surface area contributed by atoms with Crippen molar-refractivity contribution in [3.63, 3.8) is 0 Å². The summed E-state index contributed by atoms with van der Waals surface area (Å²) >= 11 is 6.05. The minimum Gasteiger partial charge on any atom is -0.385 e. The maximum Gasteiger partial charge on any atom is 0.340 e. The zero-order chi connectivity index (χ0) is 26.7. The Kier molecular flexibility index (Phi) is 9.20. The summed E-state index contributed by atoms with van der Waals surface area (Å²) in [6.07, 6.45) is -4.49. The minimum absolute atomic E-state index is 0.0468. The van der Waals surface area contributed by atoms with Gasteiger partial charge in [-0.2, -0.15) is 15.1 Å². The molecule has 1 aromatic carbocycles. The van der Waals surface area contributed by atoms with E-state index >= 15 is 4.39 Å². The van der Waals surface area contributed by atoms with Gasteiger partial charge in [-0.1, -0.05) is 30.3 Å². The summed E-state index contributed by atoms with van der Waals surface area (Å²) in [5.74, 6) is -1.17. The van der Waals surface area contributed by atoms with Crippen molar-refractivity contribution in [2.24, 2.45) is 0 Å². The van der Waals surface area contributed by atoms with E-state index in [9.17, 15) is 19.1 Å². The summed E-state index contributed by atoms with van der Waals surface area (Å²) in [6.45, 7) is 1.04. The third-order valence-corrected chi connectivity index (χ3v) is 8.71. The highest BCUT2D eigenvalue weighted by atomic mass is 35.5. The highest BCUT2D eigenvalue weighted by Crippen LogP contribution is 2.55. The molecule has 0 spiro atoms. The van der Waals surface area contributed by atoms with Gasteiger partial charge in [0.05, 0.1) is 18.2 Å². The number of aromatic nitrogens is 4. The molecule has 17 heteroatoms. The van der Waals surface area contributed by atoms with Gasteiger partial charge in [-0.15, -0.1) is 0 Å². The molecule has 2 heterocycles. The van der Waals surface area contributed by atoms with E-state index in [1.165, 1.54) is 6.20 Å². The van der Waals surface area contributed by atoms with Gasteiger partial charge in [0.15, 0.2) is 11.6 Å². The van der Waals surface area contributed by atoms with Gasteiger partial charge in [0.25, 0.3) is 0 Å². The van der Waals surface area contributed by atoms with Crippen LogP contribution in [0.2, 0.25) is 5.28 Å². The van der Waals surface area contributed by atoms with Crippen LogP contribution in [0.15, 0.2) is 36.5 Å². The summed E-state index contributed by atoms with van der Waals surface area (Å²) in [5.41, 5.74) is 0.906. The highest BCUT2D eigenvalue weighted by Gasteiger charge is 2.36. The van der Waals surface area contributed by atoms with Crippen LogP contribution in [-0.4, -0.2) is 71.4 Å². The molecule has 0 saturated carbocycles. The molecular formula is C19H25ClFN5O8P2. The summed E-state index contributed by atoms with van der Waals surface area (Å²) in [6, 6.07) is 9.25. The topological polar surface area (TPSA) is 189 Å². The van der Waals surface area contributed by atoms with E-state index in [1.54, 1.807) is 0 Å². The van der Waals surface area contributed by atoms with Crippen LogP contribution in [0, 0.1) is 0 Å². The molecule has 13 nitrogen and oxygen atoms in total. The van der Waals surface area contributed by atoms with Crippen molar-refractivity contribution >= 4 is 43.6 Å². The zero-order valence-corrected chi connectivity index (χ0v) is 21.6. The van der Waals surface area contributed by atoms with Crippen LogP contribution >= 0.6 is 26.8 Å². The number of aliphatic hydroxyl groups excluding tert-OH is 1. The lowest BCUT2D eigenvalue weighted by molar-refractivity contribution is -0.0890. The largest absolute Gasteiger partial charge is 0.385 e. The smallest absolute Gasteiger partial charge is 0.340 e. The van der Waals surface area contributed by atoms with Crippen LogP contribution in [0.3, 0.4) is 0 Å². The summed E-state index contributed by atoms with van der Waals surface area (Å²) in [4.78, 5) is 35.5. The fourth-order valence-corrected chi connectivity index (χ4v) is 6.04. The number of nitrogens with one attached hydrogen (secondary N) is 1. The van der Waals surface area contributed by atoms with Gasteiger partial charge in [0.1, 0.15) is 18.0 Å². The molecule has 5 N–H and O–H groups in total. The molecule has 36 heavy (non-hydrogen) atoms. The Morgan fingerprint density at radius 2 is 1.86 bits per heavy atom. The molecule has 0 aliphatic carbocycles. The number of rotatable bonds is 12. The second-order valence-electron chi connectivity index (χ2n) is 7.82. The molecular weight excluding hydrogens is 543 g/mol. The molecule has 0 aliphatic rings. The van der Waals surface area contributed by atoms with Gasteiger partial charge in [-0.05, 0) is 24.1 Å². The van der Waals surface area contributed by atoms with Crippen molar-refractivity contribution in [2.45, 2.75) is 31.5 Å². The summed E-state index contributed by atoms with van der Waals surface area (Å²) < 4.78 is 48.5. The van der Waals surface area contributed by atoms with E-state index in [1.807, 2.05) is 37.3 Å². The Bertz CT molecular complexity index is 1280. The molecule has 0 fully saturated rings. The third kappa shape index (κ3) is 7.28. The Morgan fingerprint density at radius 1 is 1.19 bits per heavy atom. The molecule has 1 unspecified atom stereocenters. The minimum atomic E-state index is -4.87. The van der Waals surface area contributed by atoms with Gasteiger partial charge in [-0.25, -0.2) is 9.07 Å². The Balaban J connectivity index is 1.81. The average Bonchev–Trinajstić information content (AvgIpc) is 3.21. The maximum atomic E-state index is 15.3. The lowest BCUT2D eigenvalue weighted by Gasteiger charge is -2.25. The van der Waals surface area contributed by atoms with E-state index in [4.69, 9.17) is 26.1 Å². The number of benzene rings is 1. The quantitative estimate of drug-likeness (QED) is 0.159. The number of hydrogen-bond acceptors (Lipinski definition) is 9. The Morgan fingerprint density at radius 3 is 2.47 bits per heavy atom. The monoisotopic (exact) mass is 567 g/mol. The molecule has 0 aliphatic heterocycles. The number of anilines is 1. The van der Waals surface area contributed by atoms with E-state index < -0.39 is 46.2 Å². The second kappa shape index (κ2) is 11.6. The van der Waals surface area contributed by atoms with E-state index in [-0.39, 0.29) is 22.8 Å². The molecule has 0 bridgehead atoms. The first kappa shape index (κ1) is 28.6. The number of fused-ring (bicyclic) bond motifs is 1. The summed E-state index contributed by atoms with van der Waals surface area (Å²) in [5, 5.41) is 17.7. The number of nitrogens with zero attached hydrogens (tertiary/aromatic N) is 4. The van der Waals surface area contributed by atoms with Crippen molar-refractivity contribution < 1.29 is 42.6 Å². The van der Waals surface area contributed by atoms with E-state index in [2.05, 4.69) is 24.9 Å². The van der Waals surface area contributed by atoms with Crippen molar-refractivity contribution in [1.82, 2.24) is 19.7 Å². The second-order valence-corrected chi connectivity index (χ2v) is 12.2. The number of hydrogen-bond donors (Lipinski definition) is 5. The van der Waals surface area contributed by atoms with Crippen LogP contribution in [0.5, 0.6) is 0 Å². The highest BCUT2D eigenvalue weighted by molar-refractivity contribution is 7.70. The predicted octanol–water partition coefficient (Wildman–Crippen LogP) is 2.83. The molecule has 198 valence electrons. The third-order valence-electron chi connectivity index (χ3n) is 5.08. The Labute approximate surface area is 209 Å².